The van der Waals surface area contributed by atoms with E-state index in [0.29, 0.717) is 13.0 Å². The van der Waals surface area contributed by atoms with E-state index < -0.39 is 5.54 Å². The van der Waals surface area contributed by atoms with Gasteiger partial charge in [-0.2, -0.15) is 0 Å². The van der Waals surface area contributed by atoms with Gasteiger partial charge in [-0.15, -0.1) is 11.3 Å². The number of nitrogens with one attached hydrogen (secondary N) is 1. The zero-order chi connectivity index (χ0) is 19.6. The molecule has 0 spiro atoms. The molecule has 1 aromatic heterocycles. The second-order valence-corrected chi connectivity index (χ2v) is 9.16. The molecule has 0 saturated carbocycles. The summed E-state index contributed by atoms with van der Waals surface area (Å²) in [7, 11) is 0. The average molecular weight is 407 g/mol. The number of rotatable bonds is 7. The molecule has 0 bridgehead atoms. The summed E-state index contributed by atoms with van der Waals surface area (Å²) in [6.45, 7) is 5.94. The summed E-state index contributed by atoms with van der Waals surface area (Å²) >= 11 is 1.68. The van der Waals surface area contributed by atoms with Gasteiger partial charge in [-0.3, -0.25) is 14.6 Å². The lowest BCUT2D eigenvalue weighted by atomic mass is 9.75. The molecule has 3 fully saturated rings. The molecule has 0 aromatic carbocycles. The summed E-state index contributed by atoms with van der Waals surface area (Å²) in [6, 6.07) is -0.237. The maximum atomic E-state index is 13.4. The number of imide groups is 1. The topological polar surface area (TPSA) is 74.8 Å². The lowest BCUT2D eigenvalue weighted by molar-refractivity contribution is -0.135. The number of piperidine rings is 1. The fourth-order valence-corrected chi connectivity index (χ4v) is 5.61. The van der Waals surface area contributed by atoms with E-state index in [9.17, 15) is 9.59 Å². The molecular weight excluding hydrogens is 376 g/mol. The normalized spacial score (nSPS) is 29.6. The van der Waals surface area contributed by atoms with Gasteiger partial charge in [-0.05, 0) is 51.1 Å². The van der Waals surface area contributed by atoms with E-state index in [2.05, 4.69) is 22.1 Å². The standard InChI is InChI=1S/C20H30N4O3S/c1-2-7-20(15-5-9-23(10-6-15)14-17-21-8-12-28-17)18(25)24(19(26)22-20)13-16-4-3-11-27-16/h8,12,15-16H,2-7,9-11,13-14H2,1H3,(H,22,26). The Morgan fingerprint density at radius 2 is 2.14 bits per heavy atom. The van der Waals surface area contributed by atoms with E-state index in [0.717, 1.165) is 63.4 Å². The third-order valence-corrected chi connectivity index (χ3v) is 7.15. The van der Waals surface area contributed by atoms with E-state index in [1.165, 1.54) is 4.90 Å². The van der Waals surface area contributed by atoms with E-state index in [-0.39, 0.29) is 24.0 Å². The first-order chi connectivity index (χ1) is 13.6. The van der Waals surface area contributed by atoms with E-state index >= 15 is 0 Å². The van der Waals surface area contributed by atoms with Crippen LogP contribution < -0.4 is 5.32 Å². The summed E-state index contributed by atoms with van der Waals surface area (Å²) in [5.74, 6) is 0.152. The van der Waals surface area contributed by atoms with Gasteiger partial charge >= 0.3 is 6.03 Å². The Bertz CT molecular complexity index is 684. The third kappa shape index (κ3) is 3.82. The number of likely N-dealkylation sites (tertiary alicyclic amines) is 1. The maximum absolute atomic E-state index is 13.4. The van der Waals surface area contributed by atoms with E-state index in [4.69, 9.17) is 4.74 Å². The van der Waals surface area contributed by atoms with Crippen LogP contribution in [0.3, 0.4) is 0 Å². The van der Waals surface area contributed by atoms with Gasteiger partial charge < -0.3 is 10.1 Å². The highest BCUT2D eigenvalue weighted by Crippen LogP contribution is 2.37. The van der Waals surface area contributed by atoms with Gasteiger partial charge in [0.2, 0.25) is 0 Å². The van der Waals surface area contributed by atoms with Crippen molar-refractivity contribution < 1.29 is 14.3 Å². The largest absolute Gasteiger partial charge is 0.376 e. The lowest BCUT2D eigenvalue weighted by Gasteiger charge is -2.40. The SMILES string of the molecule is CCCC1(C2CCN(Cc3nccs3)CC2)NC(=O)N(CC2CCCO2)C1=O. The summed E-state index contributed by atoms with van der Waals surface area (Å²) < 4.78 is 5.66. The van der Waals surface area contributed by atoms with Gasteiger partial charge in [-0.25, -0.2) is 9.78 Å². The van der Waals surface area contributed by atoms with Crippen LogP contribution in [0.4, 0.5) is 4.79 Å². The molecule has 3 amide bonds. The summed E-state index contributed by atoms with van der Waals surface area (Å²) in [6.07, 6.45) is 7.19. The monoisotopic (exact) mass is 406 g/mol. The number of carbonyl (C=O) groups is 2. The Morgan fingerprint density at radius 3 is 2.79 bits per heavy atom. The molecule has 3 aliphatic rings. The first kappa shape index (κ1) is 19.8. The predicted octanol–water partition coefficient (Wildman–Crippen LogP) is 2.62. The molecule has 3 aliphatic heterocycles. The average Bonchev–Trinajstić information content (AvgIpc) is 3.43. The highest BCUT2D eigenvalue weighted by molar-refractivity contribution is 7.09. The van der Waals surface area contributed by atoms with Crippen LogP contribution in [-0.4, -0.2) is 64.6 Å². The molecule has 3 saturated heterocycles. The molecule has 1 N–H and O–H groups in total. The Kier molecular flexibility index (Phi) is 5.99. The second-order valence-electron chi connectivity index (χ2n) is 8.18. The Labute approximate surface area is 170 Å². The fraction of sp³-hybridized carbons (Fsp3) is 0.750. The molecule has 7 nitrogen and oxygen atoms in total. The summed E-state index contributed by atoms with van der Waals surface area (Å²) in [4.78, 5) is 34.3. The minimum Gasteiger partial charge on any atom is -0.376 e. The number of urea groups is 1. The van der Waals surface area contributed by atoms with Crippen LogP contribution in [0.15, 0.2) is 11.6 Å². The van der Waals surface area contributed by atoms with Crippen molar-refractivity contribution in [2.75, 3.05) is 26.2 Å². The predicted molar refractivity (Wildman–Crippen MR) is 107 cm³/mol. The second kappa shape index (κ2) is 8.47. The van der Waals surface area contributed by atoms with Crippen LogP contribution in [-0.2, 0) is 16.1 Å². The highest BCUT2D eigenvalue weighted by Gasteiger charge is 2.55. The number of hydrogen-bond acceptors (Lipinski definition) is 6. The highest BCUT2D eigenvalue weighted by atomic mass is 32.1. The molecule has 2 unspecified atom stereocenters. The number of ether oxygens (including phenoxy) is 1. The summed E-state index contributed by atoms with van der Waals surface area (Å²) in [5, 5.41) is 6.27. The molecule has 0 aliphatic carbocycles. The molecule has 4 heterocycles. The van der Waals surface area contributed by atoms with Crippen molar-refractivity contribution in [1.29, 1.82) is 0 Å². The number of thiazole rings is 1. The van der Waals surface area contributed by atoms with E-state index in [1.54, 1.807) is 11.3 Å². The van der Waals surface area contributed by atoms with Crippen molar-refractivity contribution in [2.45, 2.75) is 63.6 Å². The van der Waals surface area contributed by atoms with Gasteiger partial charge in [0.1, 0.15) is 10.5 Å². The van der Waals surface area contributed by atoms with E-state index in [1.807, 2.05) is 11.6 Å². The van der Waals surface area contributed by atoms with Crippen LogP contribution in [0.25, 0.3) is 0 Å². The quantitative estimate of drug-likeness (QED) is 0.705. The van der Waals surface area contributed by atoms with Gasteiger partial charge in [0.25, 0.3) is 5.91 Å². The smallest absolute Gasteiger partial charge is 0.325 e. The van der Waals surface area contributed by atoms with Gasteiger partial charge in [0, 0.05) is 18.2 Å². The van der Waals surface area contributed by atoms with Crippen LogP contribution in [0.2, 0.25) is 0 Å². The number of nitrogens with zero attached hydrogens (tertiary/aromatic N) is 3. The van der Waals surface area contributed by atoms with Crippen LogP contribution >= 0.6 is 11.3 Å². The van der Waals surface area contributed by atoms with Crippen molar-refractivity contribution in [3.63, 3.8) is 0 Å². The number of aromatic nitrogens is 1. The minimum atomic E-state index is -0.738. The van der Waals surface area contributed by atoms with Crippen LogP contribution in [0.5, 0.6) is 0 Å². The van der Waals surface area contributed by atoms with Gasteiger partial charge in [-0.1, -0.05) is 13.3 Å². The van der Waals surface area contributed by atoms with Crippen LogP contribution in [0.1, 0.15) is 50.5 Å². The Morgan fingerprint density at radius 1 is 1.32 bits per heavy atom. The number of carbonyl (C=O) groups excluding carboxylic acids is 2. The first-order valence-corrected chi connectivity index (χ1v) is 11.4. The lowest BCUT2D eigenvalue weighted by Crippen LogP contribution is -2.56. The van der Waals surface area contributed by atoms with Crippen molar-refractivity contribution in [2.24, 2.45) is 5.92 Å². The first-order valence-electron chi connectivity index (χ1n) is 10.5. The minimum absolute atomic E-state index is 0.00716. The fourth-order valence-electron chi connectivity index (χ4n) is 4.95. The molecule has 154 valence electrons. The van der Waals surface area contributed by atoms with Crippen molar-refractivity contribution in [1.82, 2.24) is 20.1 Å². The number of hydrogen-bond donors (Lipinski definition) is 1. The van der Waals surface area contributed by atoms with Crippen molar-refractivity contribution >= 4 is 23.3 Å². The van der Waals surface area contributed by atoms with Crippen molar-refractivity contribution in [3.05, 3.63) is 16.6 Å². The van der Waals surface area contributed by atoms with Gasteiger partial charge in [0.05, 0.1) is 19.2 Å². The maximum Gasteiger partial charge on any atom is 0.325 e. The molecule has 0 radical (unpaired) electrons. The summed E-state index contributed by atoms with van der Waals surface area (Å²) in [5.41, 5.74) is -0.738. The third-order valence-electron chi connectivity index (χ3n) is 6.38. The number of amides is 3. The zero-order valence-electron chi connectivity index (χ0n) is 16.6. The Hall–Kier alpha value is -1.51. The van der Waals surface area contributed by atoms with Crippen LogP contribution in [0, 0.1) is 5.92 Å². The van der Waals surface area contributed by atoms with Gasteiger partial charge in [0.15, 0.2) is 0 Å². The molecule has 2 atom stereocenters. The van der Waals surface area contributed by atoms with Crippen molar-refractivity contribution in [3.8, 4) is 0 Å². The molecule has 4 rings (SSSR count). The molecule has 1 aromatic rings. The molecule has 8 heteroatoms. The molecule has 28 heavy (non-hydrogen) atoms. The Balaban J connectivity index is 1.42. The zero-order valence-corrected chi connectivity index (χ0v) is 17.4. The molecular formula is C20H30N4O3S.